The summed E-state index contributed by atoms with van der Waals surface area (Å²) >= 11 is 0. The molecule has 0 spiro atoms. The number of carbonyl (C=O) groups excluding carboxylic acids is 1. The van der Waals surface area contributed by atoms with Crippen molar-refractivity contribution in [2.45, 2.75) is 18.9 Å². The molecule has 0 aromatic heterocycles. The number of urea groups is 1. The SMILES string of the molecule is CNC1CCCN(C(=O)Nc2ccc(F)cc2)C1.Cl. The van der Waals surface area contributed by atoms with Crippen LogP contribution in [0.25, 0.3) is 0 Å². The summed E-state index contributed by atoms with van der Waals surface area (Å²) in [5, 5.41) is 5.96. The first-order valence-corrected chi connectivity index (χ1v) is 6.18. The Morgan fingerprint density at radius 2 is 2.05 bits per heavy atom. The molecule has 2 amide bonds. The quantitative estimate of drug-likeness (QED) is 0.878. The van der Waals surface area contributed by atoms with Gasteiger partial charge < -0.3 is 15.5 Å². The molecule has 1 aliphatic heterocycles. The first kappa shape index (κ1) is 15.7. The van der Waals surface area contributed by atoms with Crippen molar-refractivity contribution < 1.29 is 9.18 Å². The molecule has 1 aliphatic rings. The van der Waals surface area contributed by atoms with E-state index in [1.165, 1.54) is 12.1 Å². The first-order chi connectivity index (χ1) is 8.69. The fourth-order valence-electron chi connectivity index (χ4n) is 2.13. The molecule has 1 fully saturated rings. The number of nitrogens with one attached hydrogen (secondary N) is 2. The van der Waals surface area contributed by atoms with E-state index in [0.29, 0.717) is 18.3 Å². The van der Waals surface area contributed by atoms with Gasteiger partial charge in [0, 0.05) is 24.8 Å². The molecule has 106 valence electrons. The molecule has 1 heterocycles. The van der Waals surface area contributed by atoms with Crippen LogP contribution in [0.4, 0.5) is 14.9 Å². The zero-order valence-electron chi connectivity index (χ0n) is 10.9. The van der Waals surface area contributed by atoms with E-state index in [2.05, 4.69) is 10.6 Å². The standard InChI is InChI=1S/C13H18FN3O.ClH/c1-15-12-3-2-8-17(9-12)13(18)16-11-6-4-10(14)5-7-11;/h4-7,12,15H,2-3,8-9H2,1H3,(H,16,18);1H. The molecule has 0 bridgehead atoms. The van der Waals surface area contributed by atoms with Gasteiger partial charge in [0.2, 0.25) is 0 Å². The molecular weight excluding hydrogens is 269 g/mol. The highest BCUT2D eigenvalue weighted by molar-refractivity contribution is 5.89. The number of halogens is 2. The van der Waals surface area contributed by atoms with Gasteiger partial charge in [-0.1, -0.05) is 0 Å². The van der Waals surface area contributed by atoms with Crippen molar-refractivity contribution >= 4 is 24.1 Å². The maximum atomic E-state index is 12.7. The molecule has 0 saturated carbocycles. The molecule has 1 atom stereocenters. The van der Waals surface area contributed by atoms with Crippen LogP contribution in [-0.2, 0) is 0 Å². The number of piperidine rings is 1. The molecule has 19 heavy (non-hydrogen) atoms. The van der Waals surface area contributed by atoms with Gasteiger partial charge in [-0.15, -0.1) is 12.4 Å². The lowest BCUT2D eigenvalue weighted by Crippen LogP contribution is -2.48. The van der Waals surface area contributed by atoms with Crippen LogP contribution >= 0.6 is 12.4 Å². The normalized spacial score (nSPS) is 18.6. The average molecular weight is 288 g/mol. The minimum absolute atomic E-state index is 0. The lowest BCUT2D eigenvalue weighted by Gasteiger charge is -2.32. The summed E-state index contributed by atoms with van der Waals surface area (Å²) in [6.07, 6.45) is 2.10. The van der Waals surface area contributed by atoms with Crippen molar-refractivity contribution in [3.8, 4) is 0 Å². The van der Waals surface area contributed by atoms with E-state index in [4.69, 9.17) is 0 Å². The Hall–Kier alpha value is -1.33. The lowest BCUT2D eigenvalue weighted by molar-refractivity contribution is 0.187. The monoisotopic (exact) mass is 287 g/mol. The van der Waals surface area contributed by atoms with E-state index in [9.17, 15) is 9.18 Å². The highest BCUT2D eigenvalue weighted by Gasteiger charge is 2.22. The summed E-state index contributed by atoms with van der Waals surface area (Å²) in [5.41, 5.74) is 0.619. The molecule has 2 rings (SSSR count). The van der Waals surface area contributed by atoms with E-state index in [-0.39, 0.29) is 24.3 Å². The molecule has 1 saturated heterocycles. The largest absolute Gasteiger partial charge is 0.323 e. The number of hydrogen-bond donors (Lipinski definition) is 2. The van der Waals surface area contributed by atoms with Crippen LogP contribution in [-0.4, -0.2) is 37.1 Å². The lowest BCUT2D eigenvalue weighted by atomic mass is 10.1. The summed E-state index contributed by atoms with van der Waals surface area (Å²) in [7, 11) is 1.91. The fraction of sp³-hybridized carbons (Fsp3) is 0.462. The van der Waals surface area contributed by atoms with Crippen molar-refractivity contribution in [2.24, 2.45) is 0 Å². The number of amides is 2. The summed E-state index contributed by atoms with van der Waals surface area (Å²) < 4.78 is 12.7. The van der Waals surface area contributed by atoms with Gasteiger partial charge in [-0.05, 0) is 44.2 Å². The molecule has 1 aromatic carbocycles. The number of carbonyl (C=O) groups is 1. The number of rotatable bonds is 2. The van der Waals surface area contributed by atoms with E-state index in [1.807, 2.05) is 7.05 Å². The molecule has 0 aliphatic carbocycles. The Labute approximate surface area is 118 Å². The highest BCUT2D eigenvalue weighted by atomic mass is 35.5. The van der Waals surface area contributed by atoms with Crippen molar-refractivity contribution in [1.82, 2.24) is 10.2 Å². The van der Waals surface area contributed by atoms with Gasteiger partial charge >= 0.3 is 6.03 Å². The fourth-order valence-corrected chi connectivity index (χ4v) is 2.13. The maximum Gasteiger partial charge on any atom is 0.321 e. The molecular formula is C13H19ClFN3O. The molecule has 1 unspecified atom stereocenters. The molecule has 2 N–H and O–H groups in total. The van der Waals surface area contributed by atoms with Crippen molar-refractivity contribution in [3.63, 3.8) is 0 Å². The minimum Gasteiger partial charge on any atom is -0.323 e. The summed E-state index contributed by atoms with van der Waals surface area (Å²) in [5.74, 6) is -0.304. The number of nitrogens with zero attached hydrogens (tertiary/aromatic N) is 1. The maximum absolute atomic E-state index is 12.7. The van der Waals surface area contributed by atoms with E-state index >= 15 is 0 Å². The number of hydrogen-bond acceptors (Lipinski definition) is 2. The van der Waals surface area contributed by atoms with Crippen LogP contribution in [0.1, 0.15) is 12.8 Å². The van der Waals surface area contributed by atoms with Gasteiger partial charge in [-0.25, -0.2) is 9.18 Å². The minimum atomic E-state index is -0.304. The second-order valence-electron chi connectivity index (χ2n) is 4.51. The summed E-state index contributed by atoms with van der Waals surface area (Å²) in [6, 6.07) is 6.03. The predicted molar refractivity (Wildman–Crippen MR) is 76.3 cm³/mol. The second kappa shape index (κ2) is 7.31. The third kappa shape index (κ3) is 4.36. The van der Waals surface area contributed by atoms with E-state index < -0.39 is 0 Å². The van der Waals surface area contributed by atoms with Gasteiger partial charge in [0.15, 0.2) is 0 Å². The van der Waals surface area contributed by atoms with Crippen LogP contribution in [0.15, 0.2) is 24.3 Å². The zero-order valence-corrected chi connectivity index (χ0v) is 11.7. The number of likely N-dealkylation sites (tertiary alicyclic amines) is 1. The summed E-state index contributed by atoms with van der Waals surface area (Å²) in [4.78, 5) is 13.8. The molecule has 0 radical (unpaired) electrons. The molecule has 6 heteroatoms. The van der Waals surface area contributed by atoms with Gasteiger partial charge in [0.25, 0.3) is 0 Å². The van der Waals surface area contributed by atoms with Crippen LogP contribution in [0.3, 0.4) is 0 Å². The Kier molecular flexibility index (Phi) is 6.05. The summed E-state index contributed by atoms with van der Waals surface area (Å²) in [6.45, 7) is 1.48. The van der Waals surface area contributed by atoms with Crippen molar-refractivity contribution in [3.05, 3.63) is 30.1 Å². The smallest absolute Gasteiger partial charge is 0.321 e. The van der Waals surface area contributed by atoms with Gasteiger partial charge in [0.05, 0.1) is 0 Å². The Balaban J connectivity index is 0.00000180. The predicted octanol–water partition coefficient (Wildman–Crippen LogP) is 2.46. The Morgan fingerprint density at radius 3 is 2.68 bits per heavy atom. The third-order valence-corrected chi connectivity index (χ3v) is 3.21. The van der Waals surface area contributed by atoms with Gasteiger partial charge in [0.1, 0.15) is 5.82 Å². The van der Waals surface area contributed by atoms with Crippen LogP contribution in [0.2, 0.25) is 0 Å². The van der Waals surface area contributed by atoms with Crippen molar-refractivity contribution in [1.29, 1.82) is 0 Å². The van der Waals surface area contributed by atoms with Gasteiger partial charge in [-0.2, -0.15) is 0 Å². The third-order valence-electron chi connectivity index (χ3n) is 3.21. The van der Waals surface area contributed by atoms with Crippen LogP contribution in [0.5, 0.6) is 0 Å². The van der Waals surface area contributed by atoms with Crippen molar-refractivity contribution in [2.75, 3.05) is 25.5 Å². The Bertz CT molecular complexity index is 413. The number of likely N-dealkylation sites (N-methyl/N-ethyl adjacent to an activating group) is 1. The van der Waals surface area contributed by atoms with Gasteiger partial charge in [-0.3, -0.25) is 0 Å². The van der Waals surface area contributed by atoms with Crippen LogP contribution in [0, 0.1) is 5.82 Å². The second-order valence-corrected chi connectivity index (χ2v) is 4.51. The topological polar surface area (TPSA) is 44.4 Å². The highest BCUT2D eigenvalue weighted by Crippen LogP contribution is 2.13. The number of anilines is 1. The van der Waals surface area contributed by atoms with Crippen LogP contribution < -0.4 is 10.6 Å². The average Bonchev–Trinajstić information content (AvgIpc) is 2.41. The Morgan fingerprint density at radius 1 is 1.37 bits per heavy atom. The number of benzene rings is 1. The first-order valence-electron chi connectivity index (χ1n) is 6.18. The zero-order chi connectivity index (χ0) is 13.0. The van der Waals surface area contributed by atoms with E-state index in [1.54, 1.807) is 17.0 Å². The molecule has 1 aromatic rings. The molecule has 4 nitrogen and oxygen atoms in total. The van der Waals surface area contributed by atoms with E-state index in [0.717, 1.165) is 19.4 Å².